The number of hydrogen-bond donors (Lipinski definition) is 0. The lowest BCUT2D eigenvalue weighted by Gasteiger charge is -2.17. The minimum absolute atomic E-state index is 0.0263. The molecule has 2 aromatic rings. The van der Waals surface area contributed by atoms with Crippen molar-refractivity contribution < 1.29 is 8.42 Å². The Kier molecular flexibility index (Phi) is 4.71. The van der Waals surface area contributed by atoms with Crippen LogP contribution >= 0.6 is 11.3 Å². The molecule has 1 aliphatic carbocycles. The minimum atomic E-state index is -3.70. The van der Waals surface area contributed by atoms with Crippen LogP contribution in [0.2, 0.25) is 0 Å². The maximum Gasteiger partial charge on any atom is 0.285 e. The van der Waals surface area contributed by atoms with Crippen LogP contribution in [0.25, 0.3) is 0 Å². The van der Waals surface area contributed by atoms with E-state index in [4.69, 9.17) is 0 Å². The first-order chi connectivity index (χ1) is 11.6. The van der Waals surface area contributed by atoms with Crippen LogP contribution in [0.1, 0.15) is 49.7 Å². The Morgan fingerprint density at radius 2 is 1.76 bits per heavy atom. The second-order valence-electron chi connectivity index (χ2n) is 7.98. The zero-order chi connectivity index (χ0) is 18.4. The zero-order valence-corrected chi connectivity index (χ0v) is 17.2. The van der Waals surface area contributed by atoms with Gasteiger partial charge in [0.05, 0.1) is 4.90 Å². The molecule has 0 radical (unpaired) electrons. The van der Waals surface area contributed by atoms with Crippen molar-refractivity contribution in [1.82, 2.24) is 4.57 Å². The van der Waals surface area contributed by atoms with Gasteiger partial charge in [0.15, 0.2) is 0 Å². The Balaban J connectivity index is 2.14. The molecule has 1 saturated carbocycles. The van der Waals surface area contributed by atoms with Gasteiger partial charge in [0.2, 0.25) is 4.80 Å². The average Bonchev–Trinajstić information content (AvgIpc) is 3.26. The summed E-state index contributed by atoms with van der Waals surface area (Å²) in [6.45, 7) is 11.4. The van der Waals surface area contributed by atoms with Gasteiger partial charge in [0.1, 0.15) is 0 Å². The summed E-state index contributed by atoms with van der Waals surface area (Å²) in [5, 5.41) is 0. The fraction of sp³-hybridized carbons (Fsp3) is 0.526. The van der Waals surface area contributed by atoms with Crippen molar-refractivity contribution in [3.63, 3.8) is 0 Å². The molecule has 4 nitrogen and oxygen atoms in total. The van der Waals surface area contributed by atoms with E-state index < -0.39 is 10.0 Å². The average molecular weight is 379 g/mol. The highest BCUT2D eigenvalue weighted by molar-refractivity contribution is 7.90. The number of aryl methyl sites for hydroxylation is 1. The monoisotopic (exact) mass is 378 g/mol. The molecule has 25 heavy (non-hydrogen) atoms. The van der Waals surface area contributed by atoms with Gasteiger partial charge < -0.3 is 4.57 Å². The summed E-state index contributed by atoms with van der Waals surface area (Å²) in [5.41, 5.74) is 2.15. The molecular formula is C19H26N2O2S2. The number of sulfonamides is 1. The number of nitrogens with zero attached hydrogens (tertiary/aromatic N) is 2. The third-order valence-electron chi connectivity index (χ3n) is 4.49. The summed E-state index contributed by atoms with van der Waals surface area (Å²) in [7, 11) is -3.70. The lowest BCUT2D eigenvalue weighted by molar-refractivity contribution is 0.562. The standard InChI is InChI=1S/C19H26N2O2S2/c1-13-6-10-16(11-7-13)25(22,23)20-18-21(12-15-8-9-15)14(2)17(24-18)19(3,4)5/h6-7,10-11,15H,8-9,12H2,1-5H3. The van der Waals surface area contributed by atoms with Gasteiger partial charge in [-0.3, -0.25) is 0 Å². The van der Waals surface area contributed by atoms with E-state index >= 15 is 0 Å². The van der Waals surface area contributed by atoms with E-state index in [1.165, 1.54) is 29.1 Å². The van der Waals surface area contributed by atoms with Gasteiger partial charge in [-0.2, -0.15) is 8.42 Å². The number of thiazole rings is 1. The molecule has 1 aromatic heterocycles. The molecule has 0 N–H and O–H groups in total. The van der Waals surface area contributed by atoms with Crippen LogP contribution < -0.4 is 4.80 Å². The Morgan fingerprint density at radius 1 is 1.16 bits per heavy atom. The van der Waals surface area contributed by atoms with E-state index in [0.29, 0.717) is 10.7 Å². The fourth-order valence-corrected chi connectivity index (χ4v) is 5.29. The molecule has 0 unspecified atom stereocenters. The lowest BCUT2D eigenvalue weighted by Crippen LogP contribution is -2.20. The third kappa shape index (κ3) is 4.06. The second-order valence-corrected chi connectivity index (χ2v) is 10.6. The molecule has 0 amide bonds. The Morgan fingerprint density at radius 3 is 2.28 bits per heavy atom. The van der Waals surface area contributed by atoms with E-state index in [0.717, 1.165) is 17.8 Å². The van der Waals surface area contributed by atoms with Gasteiger partial charge in [-0.05, 0) is 50.2 Å². The number of aromatic nitrogens is 1. The zero-order valence-electron chi connectivity index (χ0n) is 15.5. The lowest BCUT2D eigenvalue weighted by atomic mass is 9.93. The molecule has 1 heterocycles. The van der Waals surface area contributed by atoms with Crippen LogP contribution in [0, 0.1) is 19.8 Å². The maximum atomic E-state index is 12.8. The number of benzene rings is 1. The van der Waals surface area contributed by atoms with Crippen LogP contribution in [-0.4, -0.2) is 13.0 Å². The topological polar surface area (TPSA) is 51.4 Å². The molecule has 0 bridgehead atoms. The fourth-order valence-electron chi connectivity index (χ4n) is 2.89. The largest absolute Gasteiger partial charge is 0.320 e. The summed E-state index contributed by atoms with van der Waals surface area (Å²) in [6, 6.07) is 6.87. The molecule has 0 aliphatic heterocycles. The molecule has 1 aromatic carbocycles. The molecular weight excluding hydrogens is 352 g/mol. The van der Waals surface area contributed by atoms with Gasteiger partial charge in [0.25, 0.3) is 10.0 Å². The van der Waals surface area contributed by atoms with E-state index in [1.807, 2.05) is 6.92 Å². The maximum absolute atomic E-state index is 12.8. The molecule has 136 valence electrons. The molecule has 0 atom stereocenters. The highest BCUT2D eigenvalue weighted by Gasteiger charge is 2.27. The summed E-state index contributed by atoms with van der Waals surface area (Å²) in [6.07, 6.45) is 2.44. The van der Waals surface area contributed by atoms with Crippen LogP contribution in [-0.2, 0) is 22.0 Å². The normalized spacial score (nSPS) is 16.4. The van der Waals surface area contributed by atoms with E-state index in [1.54, 1.807) is 24.3 Å². The predicted octanol–water partition coefficient (Wildman–Crippen LogP) is 4.16. The Bertz CT molecular complexity index is 939. The highest BCUT2D eigenvalue weighted by Crippen LogP contribution is 2.33. The van der Waals surface area contributed by atoms with E-state index in [-0.39, 0.29) is 10.3 Å². The number of rotatable bonds is 4. The molecule has 1 aliphatic rings. The van der Waals surface area contributed by atoms with E-state index in [2.05, 4.69) is 36.7 Å². The summed E-state index contributed by atoms with van der Waals surface area (Å²) >= 11 is 1.50. The van der Waals surface area contributed by atoms with Crippen molar-refractivity contribution >= 4 is 21.4 Å². The summed E-state index contributed by atoms with van der Waals surface area (Å²) < 4.78 is 31.9. The van der Waals surface area contributed by atoms with Crippen molar-refractivity contribution in [2.24, 2.45) is 10.3 Å². The van der Waals surface area contributed by atoms with Crippen molar-refractivity contribution in [3.8, 4) is 0 Å². The first kappa shape index (κ1) is 18.4. The van der Waals surface area contributed by atoms with Crippen LogP contribution in [0.3, 0.4) is 0 Å². The van der Waals surface area contributed by atoms with Crippen LogP contribution in [0.4, 0.5) is 0 Å². The summed E-state index contributed by atoms with van der Waals surface area (Å²) in [5.74, 6) is 0.655. The Labute approximate surface area is 154 Å². The second kappa shape index (κ2) is 6.40. The highest BCUT2D eigenvalue weighted by atomic mass is 32.2. The smallest absolute Gasteiger partial charge is 0.285 e. The van der Waals surface area contributed by atoms with Crippen LogP contribution in [0.5, 0.6) is 0 Å². The third-order valence-corrected chi connectivity index (χ3v) is 7.50. The SMILES string of the molecule is Cc1ccc(S(=O)(=O)N=c2sc(C(C)(C)C)c(C)n2CC2CC2)cc1. The van der Waals surface area contributed by atoms with E-state index in [9.17, 15) is 8.42 Å². The van der Waals surface area contributed by atoms with Gasteiger partial charge in [0, 0.05) is 17.1 Å². The predicted molar refractivity (Wildman–Crippen MR) is 102 cm³/mol. The Hall–Kier alpha value is -1.40. The molecule has 0 spiro atoms. The minimum Gasteiger partial charge on any atom is -0.320 e. The van der Waals surface area contributed by atoms with Gasteiger partial charge in [-0.1, -0.05) is 38.5 Å². The quantitative estimate of drug-likeness (QED) is 0.802. The number of hydrogen-bond acceptors (Lipinski definition) is 3. The molecule has 1 fully saturated rings. The molecule has 6 heteroatoms. The first-order valence-electron chi connectivity index (χ1n) is 8.66. The summed E-state index contributed by atoms with van der Waals surface area (Å²) in [4.78, 5) is 2.04. The van der Waals surface area contributed by atoms with Crippen LogP contribution in [0.15, 0.2) is 33.6 Å². The van der Waals surface area contributed by atoms with Gasteiger partial charge in [-0.25, -0.2) is 0 Å². The van der Waals surface area contributed by atoms with Crippen molar-refractivity contribution in [1.29, 1.82) is 0 Å². The molecule has 3 rings (SSSR count). The molecule has 0 saturated heterocycles. The first-order valence-corrected chi connectivity index (χ1v) is 10.9. The van der Waals surface area contributed by atoms with Crippen molar-refractivity contribution in [3.05, 3.63) is 45.2 Å². The van der Waals surface area contributed by atoms with Crippen molar-refractivity contribution in [2.45, 2.75) is 64.3 Å². The van der Waals surface area contributed by atoms with Gasteiger partial charge in [-0.15, -0.1) is 15.7 Å². The van der Waals surface area contributed by atoms with Gasteiger partial charge >= 0.3 is 0 Å². The van der Waals surface area contributed by atoms with Crippen molar-refractivity contribution in [2.75, 3.05) is 0 Å².